The number of benzene rings is 3. The average Bonchev–Trinajstić information content (AvgIpc) is 2.61. The molecule has 3 rings (SSSR count). The smallest absolute Gasteiger partial charge is 0.229 e. The third kappa shape index (κ3) is 5.08. The highest BCUT2D eigenvalue weighted by atomic mass is 32.2. The minimum Gasteiger partial charge on any atom is -0.349 e. The fourth-order valence-electron chi connectivity index (χ4n) is 3.08. The number of sulfonamides is 1. The summed E-state index contributed by atoms with van der Waals surface area (Å²) in [7, 11) is -3.34. The van der Waals surface area contributed by atoms with Gasteiger partial charge >= 0.3 is 0 Å². The molecule has 0 saturated carbocycles. The summed E-state index contributed by atoms with van der Waals surface area (Å²) in [6, 6.07) is 20.7. The van der Waals surface area contributed by atoms with Crippen LogP contribution >= 0.6 is 0 Å². The summed E-state index contributed by atoms with van der Waals surface area (Å²) in [5.41, 5.74) is 2.28. The van der Waals surface area contributed by atoms with Crippen LogP contribution in [-0.2, 0) is 21.2 Å². The summed E-state index contributed by atoms with van der Waals surface area (Å²) in [5.74, 6) is -0.0830. The van der Waals surface area contributed by atoms with Crippen molar-refractivity contribution in [2.24, 2.45) is 0 Å². The third-order valence-electron chi connectivity index (χ3n) is 4.30. The molecule has 5 nitrogen and oxygen atoms in total. The number of anilines is 1. The number of amides is 1. The number of hydrogen-bond donors (Lipinski definition) is 2. The zero-order valence-corrected chi connectivity index (χ0v) is 16.1. The quantitative estimate of drug-likeness (QED) is 0.684. The molecule has 2 N–H and O–H groups in total. The first-order valence-electron chi connectivity index (χ1n) is 8.65. The molecular weight excluding hydrogens is 360 g/mol. The lowest BCUT2D eigenvalue weighted by atomic mass is 10.0. The first kappa shape index (κ1) is 18.9. The Morgan fingerprint density at radius 1 is 1.00 bits per heavy atom. The number of hydrogen-bond acceptors (Lipinski definition) is 3. The fourth-order valence-corrected chi connectivity index (χ4v) is 3.64. The molecule has 0 bridgehead atoms. The lowest BCUT2D eigenvalue weighted by molar-refractivity contribution is -0.121. The van der Waals surface area contributed by atoms with Gasteiger partial charge in [0, 0.05) is 5.69 Å². The maximum atomic E-state index is 12.5. The largest absolute Gasteiger partial charge is 0.349 e. The molecule has 3 aromatic rings. The molecule has 1 atom stereocenters. The maximum absolute atomic E-state index is 12.5. The van der Waals surface area contributed by atoms with Crippen LogP contribution in [0.4, 0.5) is 5.69 Å². The highest BCUT2D eigenvalue weighted by Gasteiger charge is 2.12. The van der Waals surface area contributed by atoms with Gasteiger partial charge in [-0.2, -0.15) is 0 Å². The minimum atomic E-state index is -3.34. The maximum Gasteiger partial charge on any atom is 0.229 e. The van der Waals surface area contributed by atoms with Crippen LogP contribution in [0, 0.1) is 0 Å². The van der Waals surface area contributed by atoms with Crippen LogP contribution in [0.5, 0.6) is 0 Å². The zero-order valence-electron chi connectivity index (χ0n) is 15.3. The highest BCUT2D eigenvalue weighted by molar-refractivity contribution is 7.92. The van der Waals surface area contributed by atoms with Gasteiger partial charge in [-0.05, 0) is 41.0 Å². The van der Waals surface area contributed by atoms with Crippen molar-refractivity contribution in [3.05, 3.63) is 77.9 Å². The van der Waals surface area contributed by atoms with Gasteiger partial charge in [-0.25, -0.2) is 8.42 Å². The van der Waals surface area contributed by atoms with Gasteiger partial charge in [-0.1, -0.05) is 54.6 Å². The predicted molar refractivity (Wildman–Crippen MR) is 109 cm³/mol. The second-order valence-electron chi connectivity index (χ2n) is 6.60. The first-order valence-corrected chi connectivity index (χ1v) is 10.5. The van der Waals surface area contributed by atoms with Crippen LogP contribution in [0.2, 0.25) is 0 Å². The molecule has 27 heavy (non-hydrogen) atoms. The van der Waals surface area contributed by atoms with E-state index in [1.807, 2.05) is 55.5 Å². The Kier molecular flexibility index (Phi) is 5.46. The van der Waals surface area contributed by atoms with Crippen molar-refractivity contribution in [2.45, 2.75) is 19.4 Å². The van der Waals surface area contributed by atoms with Gasteiger partial charge in [0.15, 0.2) is 0 Å². The van der Waals surface area contributed by atoms with E-state index in [2.05, 4.69) is 10.0 Å². The molecule has 0 saturated heterocycles. The van der Waals surface area contributed by atoms with Crippen molar-refractivity contribution in [3.63, 3.8) is 0 Å². The summed E-state index contributed by atoms with van der Waals surface area (Å²) < 4.78 is 25.2. The van der Waals surface area contributed by atoms with Gasteiger partial charge < -0.3 is 5.32 Å². The summed E-state index contributed by atoms with van der Waals surface area (Å²) >= 11 is 0. The topological polar surface area (TPSA) is 75.3 Å². The Morgan fingerprint density at radius 2 is 1.70 bits per heavy atom. The van der Waals surface area contributed by atoms with Gasteiger partial charge in [0.25, 0.3) is 0 Å². The van der Waals surface area contributed by atoms with E-state index in [1.165, 1.54) is 0 Å². The van der Waals surface area contributed by atoms with Crippen molar-refractivity contribution in [1.29, 1.82) is 0 Å². The Morgan fingerprint density at radius 3 is 2.48 bits per heavy atom. The molecule has 0 heterocycles. The van der Waals surface area contributed by atoms with E-state index in [4.69, 9.17) is 0 Å². The van der Waals surface area contributed by atoms with Crippen LogP contribution in [0.25, 0.3) is 10.8 Å². The Labute approximate surface area is 159 Å². The molecule has 1 unspecified atom stereocenters. The fraction of sp³-hybridized carbons (Fsp3) is 0.190. The summed E-state index contributed by atoms with van der Waals surface area (Å²) in [6.07, 6.45) is 1.39. The lowest BCUT2D eigenvalue weighted by Gasteiger charge is -2.16. The molecule has 0 radical (unpaired) electrons. The molecule has 0 aromatic heterocycles. The predicted octanol–water partition coefficient (Wildman–Crippen LogP) is 3.63. The van der Waals surface area contributed by atoms with Crippen molar-refractivity contribution < 1.29 is 13.2 Å². The Balaban J connectivity index is 1.71. The van der Waals surface area contributed by atoms with Crippen LogP contribution in [0.15, 0.2) is 66.7 Å². The molecule has 6 heteroatoms. The lowest BCUT2D eigenvalue weighted by Crippen LogP contribution is -2.28. The molecule has 1 amide bonds. The van der Waals surface area contributed by atoms with Gasteiger partial charge in [0.1, 0.15) is 0 Å². The summed E-state index contributed by atoms with van der Waals surface area (Å²) in [6.45, 7) is 1.88. The van der Waals surface area contributed by atoms with E-state index in [0.29, 0.717) is 5.69 Å². The van der Waals surface area contributed by atoms with Gasteiger partial charge in [-0.15, -0.1) is 0 Å². The standard InChI is InChI=1S/C21H22N2O3S/c1-15(17-9-6-11-19(13-17)23-27(2,25)26)22-21(24)14-18-10-5-8-16-7-3-4-12-20(16)18/h3-13,15,23H,14H2,1-2H3,(H,22,24). The van der Waals surface area contributed by atoms with E-state index >= 15 is 0 Å². The molecular formula is C21H22N2O3S. The summed E-state index contributed by atoms with van der Waals surface area (Å²) in [4.78, 5) is 12.5. The number of carbonyl (C=O) groups excluding carboxylic acids is 1. The van der Waals surface area contributed by atoms with Crippen molar-refractivity contribution >= 4 is 32.4 Å². The number of nitrogens with one attached hydrogen (secondary N) is 2. The first-order chi connectivity index (χ1) is 12.8. The van der Waals surface area contributed by atoms with Crippen molar-refractivity contribution in [2.75, 3.05) is 11.0 Å². The molecule has 0 aliphatic carbocycles. The highest BCUT2D eigenvalue weighted by Crippen LogP contribution is 2.21. The number of rotatable bonds is 6. The van der Waals surface area contributed by atoms with Gasteiger partial charge in [-0.3, -0.25) is 9.52 Å². The molecule has 140 valence electrons. The Bertz CT molecular complexity index is 1070. The van der Waals surface area contributed by atoms with Crippen LogP contribution < -0.4 is 10.0 Å². The monoisotopic (exact) mass is 382 g/mol. The van der Waals surface area contributed by atoms with E-state index in [1.54, 1.807) is 18.2 Å². The average molecular weight is 382 g/mol. The molecule has 3 aromatic carbocycles. The third-order valence-corrected chi connectivity index (χ3v) is 4.90. The number of fused-ring (bicyclic) bond motifs is 1. The summed E-state index contributed by atoms with van der Waals surface area (Å²) in [5, 5.41) is 5.16. The molecule has 0 spiro atoms. The SMILES string of the molecule is CC(NC(=O)Cc1cccc2ccccc12)c1cccc(NS(C)(=O)=O)c1. The van der Waals surface area contributed by atoms with E-state index in [-0.39, 0.29) is 18.4 Å². The number of carbonyl (C=O) groups is 1. The van der Waals surface area contributed by atoms with E-state index < -0.39 is 10.0 Å². The zero-order chi connectivity index (χ0) is 19.4. The second-order valence-corrected chi connectivity index (χ2v) is 8.35. The van der Waals surface area contributed by atoms with Crippen molar-refractivity contribution in [3.8, 4) is 0 Å². The van der Waals surface area contributed by atoms with Crippen LogP contribution in [0.3, 0.4) is 0 Å². The van der Waals surface area contributed by atoms with Gasteiger partial charge in [0.2, 0.25) is 15.9 Å². The minimum absolute atomic E-state index is 0.0830. The second kappa shape index (κ2) is 7.80. The Hall–Kier alpha value is -2.86. The molecule has 0 aliphatic heterocycles. The molecule has 0 fully saturated rings. The van der Waals surface area contributed by atoms with Crippen LogP contribution in [0.1, 0.15) is 24.1 Å². The van der Waals surface area contributed by atoms with Crippen molar-refractivity contribution in [1.82, 2.24) is 5.32 Å². The normalized spacial score (nSPS) is 12.5. The van der Waals surface area contributed by atoms with Gasteiger partial charge in [0.05, 0.1) is 18.7 Å². The van der Waals surface area contributed by atoms with E-state index in [9.17, 15) is 13.2 Å². The molecule has 0 aliphatic rings. The van der Waals surface area contributed by atoms with E-state index in [0.717, 1.165) is 28.2 Å². The van der Waals surface area contributed by atoms with Crippen LogP contribution in [-0.4, -0.2) is 20.6 Å².